The van der Waals surface area contributed by atoms with Gasteiger partial charge in [0, 0.05) is 11.8 Å². The van der Waals surface area contributed by atoms with Crippen LogP contribution in [0.25, 0.3) is 16.9 Å². The molecule has 2 aromatic heterocycles. The van der Waals surface area contributed by atoms with Crippen molar-refractivity contribution in [1.29, 1.82) is 0 Å². The Morgan fingerprint density at radius 2 is 1.71 bits per heavy atom. The molecule has 0 atom stereocenters. The molecule has 2 aromatic carbocycles. The van der Waals surface area contributed by atoms with Gasteiger partial charge in [-0.2, -0.15) is 13.2 Å². The van der Waals surface area contributed by atoms with E-state index in [2.05, 4.69) is 4.98 Å². The number of sulfone groups is 1. The number of hydrogen-bond donors (Lipinski definition) is 0. The van der Waals surface area contributed by atoms with E-state index in [4.69, 9.17) is 4.74 Å². The van der Waals surface area contributed by atoms with Crippen LogP contribution in [0.1, 0.15) is 37.9 Å². The van der Waals surface area contributed by atoms with Crippen LogP contribution >= 0.6 is 0 Å². The van der Waals surface area contributed by atoms with E-state index in [9.17, 15) is 21.6 Å². The fourth-order valence-corrected chi connectivity index (χ4v) is 4.63. The molecule has 4 aromatic rings. The summed E-state index contributed by atoms with van der Waals surface area (Å²) in [4.78, 5) is 4.52. The molecule has 0 radical (unpaired) electrons. The molecule has 34 heavy (non-hydrogen) atoms. The predicted octanol–water partition coefficient (Wildman–Crippen LogP) is 6.73. The van der Waals surface area contributed by atoms with Crippen LogP contribution < -0.4 is 4.74 Å². The van der Waals surface area contributed by atoms with Gasteiger partial charge in [-0.15, -0.1) is 0 Å². The number of imidazole rings is 1. The highest BCUT2D eigenvalue weighted by Gasteiger charge is 2.35. The summed E-state index contributed by atoms with van der Waals surface area (Å²) in [6.45, 7) is 5.34. The zero-order chi connectivity index (χ0) is 24.7. The molecule has 178 valence electrons. The fourth-order valence-electron chi connectivity index (χ4n) is 3.71. The third kappa shape index (κ3) is 4.52. The molecule has 0 unspecified atom stereocenters. The summed E-state index contributed by atoms with van der Waals surface area (Å²) >= 11 is 0. The second kappa shape index (κ2) is 8.79. The van der Waals surface area contributed by atoms with Gasteiger partial charge in [0.05, 0.1) is 27.6 Å². The van der Waals surface area contributed by atoms with Crippen molar-refractivity contribution in [3.05, 3.63) is 78.1 Å². The number of halogens is 3. The summed E-state index contributed by atoms with van der Waals surface area (Å²) in [5, 5.41) is 0. The number of alkyl halides is 3. The zero-order valence-corrected chi connectivity index (χ0v) is 19.6. The van der Waals surface area contributed by atoms with Gasteiger partial charge in [0.2, 0.25) is 0 Å². The molecule has 0 saturated heterocycles. The molecule has 5 nitrogen and oxygen atoms in total. The number of aromatic nitrogens is 2. The first-order valence-electron chi connectivity index (χ1n) is 10.7. The minimum atomic E-state index is -4.52. The van der Waals surface area contributed by atoms with Gasteiger partial charge in [0.25, 0.3) is 0 Å². The van der Waals surface area contributed by atoms with Gasteiger partial charge in [-0.05, 0) is 60.5 Å². The lowest BCUT2D eigenvalue weighted by atomic mass is 10.0. The van der Waals surface area contributed by atoms with Gasteiger partial charge in [0.15, 0.2) is 9.84 Å². The van der Waals surface area contributed by atoms with Crippen LogP contribution in [-0.4, -0.2) is 23.6 Å². The summed E-state index contributed by atoms with van der Waals surface area (Å²) in [6.07, 6.45) is -2.94. The molecule has 2 heterocycles. The third-order valence-corrected chi connectivity index (χ3v) is 7.17. The Morgan fingerprint density at radius 1 is 1.00 bits per heavy atom. The first kappa shape index (κ1) is 23.8. The molecule has 0 spiro atoms. The first-order chi connectivity index (χ1) is 16.0. The lowest BCUT2D eigenvalue weighted by molar-refractivity contribution is -0.136. The lowest BCUT2D eigenvalue weighted by Gasteiger charge is -2.11. The third-order valence-electron chi connectivity index (χ3n) is 5.44. The van der Waals surface area contributed by atoms with Crippen molar-refractivity contribution >= 4 is 15.5 Å². The normalized spacial score (nSPS) is 12.4. The Hall–Kier alpha value is -3.33. The molecule has 0 fully saturated rings. The van der Waals surface area contributed by atoms with E-state index < -0.39 is 21.6 Å². The molecule has 0 aliphatic heterocycles. The van der Waals surface area contributed by atoms with Crippen molar-refractivity contribution in [3.8, 4) is 22.8 Å². The molecular formula is C25H23F3N2O3S. The van der Waals surface area contributed by atoms with E-state index >= 15 is 0 Å². The number of hydrogen-bond acceptors (Lipinski definition) is 4. The average molecular weight is 489 g/mol. The number of benzene rings is 2. The minimum Gasteiger partial charge on any atom is -0.457 e. The lowest BCUT2D eigenvalue weighted by Crippen LogP contribution is -2.07. The summed E-state index contributed by atoms with van der Waals surface area (Å²) in [5.41, 5.74) is 0.903. The monoisotopic (exact) mass is 488 g/mol. The quantitative estimate of drug-likeness (QED) is 0.302. The maximum absolute atomic E-state index is 13.5. The second-order valence-corrected chi connectivity index (χ2v) is 10.4. The molecule has 0 saturated carbocycles. The summed E-state index contributed by atoms with van der Waals surface area (Å²) < 4.78 is 72.2. The molecule has 4 rings (SSSR count). The highest BCUT2D eigenvalue weighted by Crippen LogP contribution is 2.37. The highest BCUT2D eigenvalue weighted by molar-refractivity contribution is 7.91. The number of ether oxygens (including phenoxy) is 1. The van der Waals surface area contributed by atoms with E-state index in [0.29, 0.717) is 28.5 Å². The van der Waals surface area contributed by atoms with Crippen molar-refractivity contribution < 1.29 is 26.3 Å². The van der Waals surface area contributed by atoms with Crippen LogP contribution in [-0.2, 0) is 16.0 Å². The van der Waals surface area contributed by atoms with Gasteiger partial charge >= 0.3 is 6.18 Å². The average Bonchev–Trinajstić information content (AvgIpc) is 3.19. The Labute approximate surface area is 195 Å². The van der Waals surface area contributed by atoms with Crippen LogP contribution in [0, 0.1) is 0 Å². The molecule has 9 heteroatoms. The van der Waals surface area contributed by atoms with E-state index in [1.165, 1.54) is 22.6 Å². The van der Waals surface area contributed by atoms with Crippen molar-refractivity contribution in [2.45, 2.75) is 37.8 Å². The second-order valence-electron chi connectivity index (χ2n) is 8.12. The standard InChI is InChI=1S/C25H23F3N2O3S/c1-4-34(31,32)20-8-5-7-19(15-20)33-18-12-10-17(11-13-18)23-22(16(2)3)29-24-21(25(26,27)28)9-6-14-30(23)24/h5-16H,4H2,1-3H3. The highest BCUT2D eigenvalue weighted by atomic mass is 32.2. The molecule has 0 N–H and O–H groups in total. The van der Waals surface area contributed by atoms with Crippen molar-refractivity contribution in [2.75, 3.05) is 5.75 Å². The Morgan fingerprint density at radius 3 is 2.32 bits per heavy atom. The SMILES string of the molecule is CCS(=O)(=O)c1cccc(Oc2ccc(-c3c(C(C)C)nc4c(C(F)(F)F)cccn34)cc2)c1. The molecule has 0 aliphatic carbocycles. The topological polar surface area (TPSA) is 60.7 Å². The van der Waals surface area contributed by atoms with Crippen LogP contribution in [0.3, 0.4) is 0 Å². The Bertz CT molecular complexity index is 1440. The molecular weight excluding hydrogens is 465 g/mol. The Balaban J connectivity index is 1.72. The minimum absolute atomic E-state index is 0.0152. The van der Waals surface area contributed by atoms with E-state index in [1.54, 1.807) is 49.5 Å². The van der Waals surface area contributed by atoms with Gasteiger partial charge in [0.1, 0.15) is 17.1 Å². The molecule has 0 aliphatic rings. The number of rotatable bonds is 6. The van der Waals surface area contributed by atoms with Gasteiger partial charge in [-0.25, -0.2) is 13.4 Å². The summed E-state index contributed by atoms with van der Waals surface area (Å²) in [6, 6.07) is 15.5. The van der Waals surface area contributed by atoms with Gasteiger partial charge in [-0.3, -0.25) is 4.40 Å². The number of fused-ring (bicyclic) bond motifs is 1. The molecule has 0 bridgehead atoms. The van der Waals surface area contributed by atoms with Crippen molar-refractivity contribution in [2.24, 2.45) is 0 Å². The Kier molecular flexibility index (Phi) is 6.16. The predicted molar refractivity (Wildman–Crippen MR) is 124 cm³/mol. The van der Waals surface area contributed by atoms with Crippen molar-refractivity contribution in [3.63, 3.8) is 0 Å². The van der Waals surface area contributed by atoms with E-state index in [1.807, 2.05) is 13.8 Å². The van der Waals surface area contributed by atoms with E-state index in [-0.39, 0.29) is 22.2 Å². The smallest absolute Gasteiger partial charge is 0.419 e. The van der Waals surface area contributed by atoms with Crippen LogP contribution in [0.5, 0.6) is 11.5 Å². The number of nitrogens with zero attached hydrogens (tertiary/aromatic N) is 2. The van der Waals surface area contributed by atoms with Gasteiger partial charge < -0.3 is 4.74 Å². The maximum atomic E-state index is 13.5. The van der Waals surface area contributed by atoms with Crippen LogP contribution in [0.2, 0.25) is 0 Å². The number of pyridine rings is 1. The van der Waals surface area contributed by atoms with E-state index in [0.717, 1.165) is 6.07 Å². The van der Waals surface area contributed by atoms with Crippen LogP contribution in [0.15, 0.2) is 71.8 Å². The maximum Gasteiger partial charge on any atom is 0.419 e. The van der Waals surface area contributed by atoms with Crippen LogP contribution in [0.4, 0.5) is 13.2 Å². The summed E-state index contributed by atoms with van der Waals surface area (Å²) in [5.74, 6) is 0.717. The molecule has 0 amide bonds. The summed E-state index contributed by atoms with van der Waals surface area (Å²) in [7, 11) is -3.37. The first-order valence-corrected chi connectivity index (χ1v) is 12.4. The zero-order valence-electron chi connectivity index (χ0n) is 18.8. The van der Waals surface area contributed by atoms with Crippen molar-refractivity contribution in [1.82, 2.24) is 9.38 Å². The van der Waals surface area contributed by atoms with Gasteiger partial charge in [-0.1, -0.05) is 26.8 Å². The fraction of sp³-hybridized carbons (Fsp3) is 0.240. The largest absolute Gasteiger partial charge is 0.457 e.